The molecule has 344 valence electrons. The highest BCUT2D eigenvalue weighted by Crippen LogP contribution is 2.40. The molecule has 1 amide bonds. The van der Waals surface area contributed by atoms with E-state index in [0.29, 0.717) is 23.6 Å². The van der Waals surface area contributed by atoms with Crippen molar-refractivity contribution in [2.24, 2.45) is 33.8 Å². The summed E-state index contributed by atoms with van der Waals surface area (Å²) in [5.74, 6) is -4.86. The first kappa shape index (κ1) is 49.3. The van der Waals surface area contributed by atoms with Crippen molar-refractivity contribution in [3.8, 4) is 10.6 Å². The Morgan fingerprint density at radius 2 is 1.82 bits per heavy atom. The van der Waals surface area contributed by atoms with E-state index < -0.39 is 77.3 Å². The summed E-state index contributed by atoms with van der Waals surface area (Å²) in [4.78, 5) is 62.9. The highest BCUT2D eigenvalue weighted by Gasteiger charge is 2.53. The van der Waals surface area contributed by atoms with Crippen molar-refractivity contribution in [3.05, 3.63) is 29.4 Å². The van der Waals surface area contributed by atoms with Crippen LogP contribution in [0.15, 0.2) is 33.9 Å². The molecule has 3 aliphatic heterocycles. The second kappa shape index (κ2) is 20.8. The Labute approximate surface area is 368 Å². The molecule has 62 heavy (non-hydrogen) atoms. The number of aliphatic hydroxyl groups excluding tert-OH is 1. The van der Waals surface area contributed by atoms with Crippen molar-refractivity contribution in [1.29, 1.82) is 0 Å². The van der Waals surface area contributed by atoms with Crippen LogP contribution in [0.1, 0.15) is 93.7 Å². The van der Waals surface area contributed by atoms with Crippen LogP contribution in [-0.2, 0) is 49.5 Å². The van der Waals surface area contributed by atoms with Gasteiger partial charge < -0.3 is 49.4 Å². The fourth-order valence-corrected chi connectivity index (χ4v) is 9.59. The molecule has 3 fully saturated rings. The first-order valence-electron chi connectivity index (χ1n) is 21.5. The van der Waals surface area contributed by atoms with Crippen molar-refractivity contribution in [2.45, 2.75) is 149 Å². The Bertz CT molecular complexity index is 1920. The van der Waals surface area contributed by atoms with Gasteiger partial charge in [0.15, 0.2) is 18.7 Å². The first-order valence-corrected chi connectivity index (χ1v) is 22.4. The summed E-state index contributed by atoms with van der Waals surface area (Å²) in [6.45, 7) is 15.1. The smallest absolute Gasteiger partial charge is 0.316 e. The molecule has 17 nitrogen and oxygen atoms in total. The summed E-state index contributed by atoms with van der Waals surface area (Å²) < 4.78 is 32.6. The molecule has 18 heteroatoms. The van der Waals surface area contributed by atoms with E-state index in [1.54, 1.807) is 45.3 Å². The maximum atomic E-state index is 14.6. The minimum absolute atomic E-state index is 0.0171. The topological polar surface area (TPSA) is 227 Å². The van der Waals surface area contributed by atoms with E-state index in [1.807, 2.05) is 45.8 Å². The summed E-state index contributed by atoms with van der Waals surface area (Å²) in [5, 5.41) is 31.1. The van der Waals surface area contributed by atoms with Crippen LogP contribution in [0.25, 0.3) is 10.6 Å². The summed E-state index contributed by atoms with van der Waals surface area (Å²) in [6, 6.07) is 3.32. The SMILES string of the molecule is CCC(=O)N=C1[C@H](C)C[C@@]2(C)OC/C(=N/OCc3ccc(-c4nc(N)cs4)cn3)CO[C@@H]([C@H]1C)[C@](C)(O)[C@@H](CC)OC(=O)[C@H](C)C(=O)[C@H](C)[C@H]2O[C@@H]1O[C@H](C)C[C@H](N(C)C)[C@H]1O. The Morgan fingerprint density at radius 3 is 2.44 bits per heavy atom. The molecule has 3 aliphatic rings. The Morgan fingerprint density at radius 1 is 1.10 bits per heavy atom. The van der Waals surface area contributed by atoms with Crippen LogP contribution in [0.2, 0.25) is 0 Å². The number of carbonyl (C=O) groups excluding carboxylic acids is 3. The van der Waals surface area contributed by atoms with Crippen LogP contribution in [0, 0.1) is 23.7 Å². The van der Waals surface area contributed by atoms with Gasteiger partial charge >= 0.3 is 5.97 Å². The molecule has 0 saturated carbocycles. The van der Waals surface area contributed by atoms with Gasteiger partial charge in [-0.2, -0.15) is 0 Å². The number of anilines is 1. The zero-order chi connectivity index (χ0) is 45.7. The van der Waals surface area contributed by atoms with Crippen LogP contribution >= 0.6 is 11.3 Å². The number of nitrogen functional groups attached to an aromatic ring is 1. The number of esters is 1. The van der Waals surface area contributed by atoms with Gasteiger partial charge in [0, 0.05) is 47.2 Å². The second-order valence-electron chi connectivity index (χ2n) is 17.7. The maximum absolute atomic E-state index is 14.6. The lowest BCUT2D eigenvalue weighted by molar-refractivity contribution is -0.296. The molecule has 4 N–H and O–H groups in total. The van der Waals surface area contributed by atoms with E-state index in [9.17, 15) is 24.6 Å². The predicted molar refractivity (Wildman–Crippen MR) is 233 cm³/mol. The minimum Gasteiger partial charge on any atom is -0.459 e. The molecule has 3 saturated heterocycles. The number of pyridine rings is 1. The quantitative estimate of drug-likeness (QED) is 0.178. The van der Waals surface area contributed by atoms with Gasteiger partial charge in [-0.15, -0.1) is 11.3 Å². The zero-order valence-corrected chi connectivity index (χ0v) is 38.7. The number of hydrogen-bond acceptors (Lipinski definition) is 17. The summed E-state index contributed by atoms with van der Waals surface area (Å²) >= 11 is 1.41. The third-order valence-corrected chi connectivity index (χ3v) is 13.3. The highest BCUT2D eigenvalue weighted by molar-refractivity contribution is 7.13. The number of carbonyl (C=O) groups is 3. The lowest BCUT2D eigenvalue weighted by Crippen LogP contribution is -2.60. The van der Waals surface area contributed by atoms with Gasteiger partial charge in [-0.05, 0) is 79.1 Å². The van der Waals surface area contributed by atoms with E-state index in [0.717, 1.165) is 10.6 Å². The summed E-state index contributed by atoms with van der Waals surface area (Å²) in [7, 11) is 3.73. The maximum Gasteiger partial charge on any atom is 0.316 e. The number of ketones is 1. The van der Waals surface area contributed by atoms with Crippen molar-refractivity contribution in [2.75, 3.05) is 33.0 Å². The molecular weight excluding hydrogens is 821 g/mol. The molecule has 5 rings (SSSR count). The number of cyclic esters (lactones) is 1. The molecule has 2 bridgehead atoms. The number of aromatic nitrogens is 2. The van der Waals surface area contributed by atoms with Crippen molar-refractivity contribution >= 4 is 46.2 Å². The van der Waals surface area contributed by atoms with Gasteiger partial charge in [-0.25, -0.2) is 9.98 Å². The molecule has 13 atom stereocenters. The van der Waals surface area contributed by atoms with Gasteiger partial charge in [0.05, 0.1) is 42.8 Å². The average Bonchev–Trinajstić information content (AvgIpc) is 3.67. The molecule has 0 spiro atoms. The number of aliphatic hydroxyl groups is 2. The number of hydrogen-bond donors (Lipinski definition) is 3. The molecule has 2 aromatic heterocycles. The number of ether oxygens (including phenoxy) is 5. The lowest BCUT2D eigenvalue weighted by Gasteiger charge is -2.47. The number of nitrogens with zero attached hydrogens (tertiary/aromatic N) is 5. The van der Waals surface area contributed by atoms with Crippen LogP contribution in [0.5, 0.6) is 0 Å². The monoisotopic (exact) mass is 886 g/mol. The number of aliphatic imine (C=N–C) groups is 1. The van der Waals surface area contributed by atoms with E-state index in [1.165, 1.54) is 25.2 Å². The number of fused-ring (bicyclic) bond motifs is 5. The number of amides is 1. The van der Waals surface area contributed by atoms with Gasteiger partial charge in [0.1, 0.15) is 40.3 Å². The van der Waals surface area contributed by atoms with Crippen LogP contribution in [0.3, 0.4) is 0 Å². The number of oxime groups is 1. The third-order valence-electron chi connectivity index (χ3n) is 12.4. The van der Waals surface area contributed by atoms with E-state index in [-0.39, 0.29) is 62.8 Å². The molecule has 5 heterocycles. The summed E-state index contributed by atoms with van der Waals surface area (Å²) in [6.07, 6.45) is -3.40. The predicted octanol–water partition coefficient (Wildman–Crippen LogP) is 4.61. The standard InChI is InChI=1S/C44H66N6O11S/c1-12-32-44(9,55)39-25(5)35(48-34(51)13-2)23(3)17-43(8,57-20-30(19-56-39)49-58-21-29-15-14-28(18-46-29)40-47-33(45)22-62-40)38(26(6)36(52)27(7)41(54)60-32)61-42-37(53)31(50(10)11)16-24(4)59-42/h14-15,18,22-27,31-32,37-39,42,53,55H,12-13,16-17,19-21,45H2,1-11H3/b48-35?,49-30+/t23-,24-,25+,26+,27-,31+,32-,37-,38-,39+,42+,43-,44-/m1/s1. The van der Waals surface area contributed by atoms with Crippen molar-refractivity contribution in [3.63, 3.8) is 0 Å². The van der Waals surface area contributed by atoms with Crippen molar-refractivity contribution < 1.29 is 53.1 Å². The second-order valence-corrected chi connectivity index (χ2v) is 18.5. The summed E-state index contributed by atoms with van der Waals surface area (Å²) in [5.41, 5.74) is 4.60. The van der Waals surface area contributed by atoms with E-state index in [2.05, 4.69) is 20.1 Å². The van der Waals surface area contributed by atoms with Gasteiger partial charge in [-0.3, -0.25) is 19.4 Å². The molecule has 0 radical (unpaired) electrons. The first-order chi connectivity index (χ1) is 29.2. The van der Waals surface area contributed by atoms with Gasteiger partial charge in [0.25, 0.3) is 0 Å². The number of Topliss-reactive ketones (excluding diaryl/α,β-unsaturated/α-hetero) is 1. The van der Waals surface area contributed by atoms with E-state index >= 15 is 0 Å². The van der Waals surface area contributed by atoms with Crippen LogP contribution in [0.4, 0.5) is 5.82 Å². The molecular formula is C44H66N6O11S. The van der Waals surface area contributed by atoms with E-state index in [4.69, 9.17) is 34.3 Å². The Kier molecular flexibility index (Phi) is 16.6. The fourth-order valence-electron chi connectivity index (χ4n) is 8.89. The largest absolute Gasteiger partial charge is 0.459 e. The van der Waals surface area contributed by atoms with Crippen LogP contribution < -0.4 is 5.73 Å². The average molecular weight is 887 g/mol. The molecule has 2 aromatic rings. The zero-order valence-electron chi connectivity index (χ0n) is 37.9. The number of likely N-dealkylation sites (N-methyl/N-ethyl adjacent to an activating group) is 1. The third kappa shape index (κ3) is 11.3. The lowest BCUT2D eigenvalue weighted by atomic mass is 9.73. The fraction of sp³-hybridized carbons (Fsp3) is 0.705. The normalized spacial score (nSPS) is 36.8. The Hall–Kier alpha value is -3.75. The number of nitrogens with two attached hydrogens (primary N) is 1. The Balaban J connectivity index is 1.64. The number of rotatable bonds is 9. The molecule has 0 unspecified atom stereocenters. The highest BCUT2D eigenvalue weighted by atomic mass is 32.1. The van der Waals surface area contributed by atoms with Crippen LogP contribution in [-0.4, -0.2) is 136 Å². The molecule has 0 aliphatic carbocycles. The van der Waals surface area contributed by atoms with Crippen molar-refractivity contribution in [1.82, 2.24) is 14.9 Å². The number of thiazole rings is 1. The van der Waals surface area contributed by atoms with Gasteiger partial charge in [-0.1, -0.05) is 39.8 Å². The molecule has 0 aromatic carbocycles. The van der Waals surface area contributed by atoms with Gasteiger partial charge in [0.2, 0.25) is 5.91 Å². The minimum atomic E-state index is -1.87.